The summed E-state index contributed by atoms with van der Waals surface area (Å²) in [5.74, 6) is 1.78. The topological polar surface area (TPSA) is 46.6 Å². The van der Waals surface area contributed by atoms with Crippen LogP contribution in [0, 0.1) is 0 Å². The summed E-state index contributed by atoms with van der Waals surface area (Å²) >= 11 is 4.05. The Kier molecular flexibility index (Phi) is 5.27. The Morgan fingerprint density at radius 2 is 1.57 bits per heavy atom. The molecule has 0 aliphatic rings. The molecule has 0 fully saturated rings. The maximum Gasteiger partial charge on any atom is 0.242 e. The van der Waals surface area contributed by atoms with E-state index in [9.17, 15) is 8.42 Å². The number of ether oxygens (including phenoxy) is 1. The summed E-state index contributed by atoms with van der Waals surface area (Å²) in [7, 11) is -1.92. The minimum Gasteiger partial charge on any atom is -0.457 e. The average Bonchev–Trinajstić information content (AvgIpc) is 2.49. The van der Waals surface area contributed by atoms with Gasteiger partial charge in [-0.1, -0.05) is 18.2 Å². The third-order valence-electron chi connectivity index (χ3n) is 2.93. The number of benzene rings is 2. The Morgan fingerprint density at radius 1 is 1.00 bits per heavy atom. The molecule has 2 aromatic carbocycles. The third kappa shape index (κ3) is 4.00. The van der Waals surface area contributed by atoms with E-state index in [1.54, 1.807) is 31.3 Å². The lowest BCUT2D eigenvalue weighted by molar-refractivity contribution is 0.480. The van der Waals surface area contributed by atoms with E-state index in [1.165, 1.54) is 4.31 Å². The van der Waals surface area contributed by atoms with Gasteiger partial charge in [0, 0.05) is 19.3 Å². The van der Waals surface area contributed by atoms with Gasteiger partial charge < -0.3 is 4.74 Å². The first-order chi connectivity index (χ1) is 10.0. The van der Waals surface area contributed by atoms with E-state index in [0.717, 1.165) is 0 Å². The fourth-order valence-electron chi connectivity index (χ4n) is 1.75. The van der Waals surface area contributed by atoms with Crippen molar-refractivity contribution in [3.8, 4) is 11.5 Å². The molecular weight excluding hydrogens is 306 g/mol. The second kappa shape index (κ2) is 6.98. The highest BCUT2D eigenvalue weighted by atomic mass is 32.2. The van der Waals surface area contributed by atoms with E-state index in [0.29, 0.717) is 23.8 Å². The molecule has 0 aromatic heterocycles. The largest absolute Gasteiger partial charge is 0.457 e. The van der Waals surface area contributed by atoms with Gasteiger partial charge in [0.2, 0.25) is 10.0 Å². The third-order valence-corrected chi connectivity index (χ3v) is 5.00. The molecule has 112 valence electrons. The second-order valence-corrected chi connectivity index (χ2v) is 6.93. The molecule has 0 saturated carbocycles. The van der Waals surface area contributed by atoms with E-state index in [1.807, 2.05) is 30.3 Å². The van der Waals surface area contributed by atoms with Crippen LogP contribution in [0.4, 0.5) is 0 Å². The van der Waals surface area contributed by atoms with Crippen LogP contribution in [0.5, 0.6) is 11.5 Å². The molecule has 0 aliphatic carbocycles. The lowest BCUT2D eigenvalue weighted by Gasteiger charge is -2.16. The first-order valence-corrected chi connectivity index (χ1v) is 8.51. The second-order valence-electron chi connectivity index (χ2n) is 4.44. The molecule has 0 atom stereocenters. The first kappa shape index (κ1) is 15.9. The highest BCUT2D eigenvalue weighted by molar-refractivity contribution is 7.89. The zero-order valence-corrected chi connectivity index (χ0v) is 13.3. The van der Waals surface area contributed by atoms with Crippen molar-refractivity contribution >= 4 is 22.7 Å². The van der Waals surface area contributed by atoms with Crippen LogP contribution in [0.25, 0.3) is 0 Å². The van der Waals surface area contributed by atoms with Crippen molar-refractivity contribution < 1.29 is 13.2 Å². The Balaban J connectivity index is 2.15. The number of rotatable bonds is 6. The van der Waals surface area contributed by atoms with Crippen LogP contribution in [0.15, 0.2) is 59.5 Å². The number of sulfonamides is 1. The van der Waals surface area contributed by atoms with Gasteiger partial charge in [0.25, 0.3) is 0 Å². The Labute approximate surface area is 130 Å². The molecule has 21 heavy (non-hydrogen) atoms. The molecule has 2 aromatic rings. The van der Waals surface area contributed by atoms with E-state index in [-0.39, 0.29) is 4.90 Å². The molecule has 0 bridgehead atoms. The number of thiol groups is 1. The van der Waals surface area contributed by atoms with E-state index < -0.39 is 10.0 Å². The predicted octanol–water partition coefficient (Wildman–Crippen LogP) is 3.03. The van der Waals surface area contributed by atoms with Crippen molar-refractivity contribution in [3.05, 3.63) is 54.6 Å². The van der Waals surface area contributed by atoms with Crippen LogP contribution >= 0.6 is 12.6 Å². The van der Waals surface area contributed by atoms with Gasteiger partial charge in [-0.2, -0.15) is 12.6 Å². The van der Waals surface area contributed by atoms with Crippen LogP contribution in [0.2, 0.25) is 0 Å². The molecule has 0 aliphatic heterocycles. The van der Waals surface area contributed by atoms with Crippen molar-refractivity contribution in [2.24, 2.45) is 0 Å². The van der Waals surface area contributed by atoms with Gasteiger partial charge >= 0.3 is 0 Å². The zero-order chi connectivity index (χ0) is 15.3. The first-order valence-electron chi connectivity index (χ1n) is 6.44. The van der Waals surface area contributed by atoms with E-state index >= 15 is 0 Å². The maximum absolute atomic E-state index is 12.2. The smallest absolute Gasteiger partial charge is 0.242 e. The van der Waals surface area contributed by atoms with Gasteiger partial charge in [-0.25, -0.2) is 12.7 Å². The van der Waals surface area contributed by atoms with Crippen LogP contribution in [-0.4, -0.2) is 32.1 Å². The van der Waals surface area contributed by atoms with Gasteiger partial charge in [-0.05, 0) is 36.4 Å². The van der Waals surface area contributed by atoms with Crippen molar-refractivity contribution in [3.63, 3.8) is 0 Å². The van der Waals surface area contributed by atoms with E-state index in [4.69, 9.17) is 4.74 Å². The summed E-state index contributed by atoms with van der Waals surface area (Å²) in [5.41, 5.74) is 0. The number of para-hydroxylation sites is 1. The van der Waals surface area contributed by atoms with E-state index in [2.05, 4.69) is 12.6 Å². The maximum atomic E-state index is 12.2. The summed E-state index contributed by atoms with van der Waals surface area (Å²) in [4.78, 5) is 0.243. The van der Waals surface area contributed by atoms with Gasteiger partial charge in [-0.15, -0.1) is 0 Å². The summed E-state index contributed by atoms with van der Waals surface area (Å²) in [6.45, 7) is 0.369. The molecular formula is C15H17NO3S2. The molecule has 0 N–H and O–H groups in total. The van der Waals surface area contributed by atoms with Crippen molar-refractivity contribution in [1.82, 2.24) is 4.31 Å². The minimum atomic E-state index is -3.46. The Hall–Kier alpha value is -1.50. The lowest BCUT2D eigenvalue weighted by Crippen LogP contribution is -2.28. The highest BCUT2D eigenvalue weighted by Crippen LogP contribution is 2.23. The van der Waals surface area contributed by atoms with Gasteiger partial charge in [0.15, 0.2) is 0 Å². The zero-order valence-electron chi connectivity index (χ0n) is 11.6. The van der Waals surface area contributed by atoms with Crippen LogP contribution in [0.1, 0.15) is 0 Å². The van der Waals surface area contributed by atoms with Crippen LogP contribution < -0.4 is 4.74 Å². The fourth-order valence-corrected chi connectivity index (χ4v) is 3.35. The Morgan fingerprint density at radius 3 is 2.14 bits per heavy atom. The molecule has 4 nitrogen and oxygen atoms in total. The Bertz CT molecular complexity index is 670. The molecule has 0 heterocycles. The van der Waals surface area contributed by atoms with Crippen molar-refractivity contribution in [2.45, 2.75) is 4.90 Å². The number of hydrogen-bond donors (Lipinski definition) is 1. The molecule has 0 spiro atoms. The minimum absolute atomic E-state index is 0.243. The fraction of sp³-hybridized carbons (Fsp3) is 0.200. The SMILES string of the molecule is CN(CCS)S(=O)(=O)c1ccc(Oc2ccccc2)cc1. The molecule has 0 radical (unpaired) electrons. The van der Waals surface area contributed by atoms with Gasteiger partial charge in [-0.3, -0.25) is 0 Å². The number of nitrogens with zero attached hydrogens (tertiary/aromatic N) is 1. The standard InChI is InChI=1S/C15H17NO3S2/c1-16(11-12-20)21(17,18)15-9-7-14(8-10-15)19-13-5-3-2-4-6-13/h2-10,20H,11-12H2,1H3. The van der Waals surface area contributed by atoms with Crippen LogP contribution in [-0.2, 0) is 10.0 Å². The molecule has 6 heteroatoms. The van der Waals surface area contributed by atoms with Crippen molar-refractivity contribution in [1.29, 1.82) is 0 Å². The van der Waals surface area contributed by atoms with Crippen molar-refractivity contribution in [2.75, 3.05) is 19.3 Å². The number of hydrogen-bond acceptors (Lipinski definition) is 4. The normalized spacial score (nSPS) is 11.6. The monoisotopic (exact) mass is 323 g/mol. The summed E-state index contributed by atoms with van der Waals surface area (Å²) in [6, 6.07) is 15.7. The summed E-state index contributed by atoms with van der Waals surface area (Å²) in [6.07, 6.45) is 0. The predicted molar refractivity (Wildman–Crippen MR) is 86.6 cm³/mol. The highest BCUT2D eigenvalue weighted by Gasteiger charge is 2.19. The van der Waals surface area contributed by atoms with Gasteiger partial charge in [0.1, 0.15) is 11.5 Å². The quantitative estimate of drug-likeness (QED) is 0.831. The summed E-state index contributed by atoms with van der Waals surface area (Å²) < 4.78 is 31.4. The van der Waals surface area contributed by atoms with Gasteiger partial charge in [0.05, 0.1) is 4.90 Å². The molecule has 2 rings (SSSR count). The molecule has 0 unspecified atom stereocenters. The lowest BCUT2D eigenvalue weighted by atomic mass is 10.3. The molecule has 0 saturated heterocycles. The molecule has 0 amide bonds. The van der Waals surface area contributed by atoms with Crippen LogP contribution in [0.3, 0.4) is 0 Å². The summed E-state index contributed by atoms with van der Waals surface area (Å²) in [5, 5.41) is 0. The average molecular weight is 323 g/mol.